The first kappa shape index (κ1) is 19.1. The summed E-state index contributed by atoms with van der Waals surface area (Å²) in [5.74, 6) is 1.28. The Hall–Kier alpha value is -2.63. The number of benzene rings is 1. The molecule has 0 radical (unpaired) electrons. The van der Waals surface area contributed by atoms with Gasteiger partial charge in [0.1, 0.15) is 0 Å². The molecule has 0 bridgehead atoms. The number of hydrogen-bond acceptors (Lipinski definition) is 5. The van der Waals surface area contributed by atoms with E-state index in [4.69, 9.17) is 0 Å². The van der Waals surface area contributed by atoms with Gasteiger partial charge < -0.3 is 15.5 Å². The van der Waals surface area contributed by atoms with Crippen molar-refractivity contribution in [1.82, 2.24) is 15.5 Å². The molecule has 1 aliphatic rings. The van der Waals surface area contributed by atoms with Crippen molar-refractivity contribution in [2.24, 2.45) is 5.92 Å². The van der Waals surface area contributed by atoms with Gasteiger partial charge in [0.2, 0.25) is 0 Å². The van der Waals surface area contributed by atoms with E-state index in [1.807, 2.05) is 0 Å². The van der Waals surface area contributed by atoms with E-state index < -0.39 is 0 Å². The Morgan fingerprint density at radius 2 is 1.85 bits per heavy atom. The van der Waals surface area contributed by atoms with Gasteiger partial charge in [-0.15, -0.1) is 10.2 Å². The summed E-state index contributed by atoms with van der Waals surface area (Å²) in [4.78, 5) is 14.4. The number of carbonyl (C=O) groups excluding carboxylic acids is 1. The molecule has 0 aliphatic carbocycles. The highest BCUT2D eigenvalue weighted by atomic mass is 16.1. The van der Waals surface area contributed by atoms with Gasteiger partial charge in [-0.2, -0.15) is 0 Å². The van der Waals surface area contributed by atoms with E-state index in [2.05, 4.69) is 63.8 Å². The summed E-state index contributed by atoms with van der Waals surface area (Å²) in [5, 5.41) is 14.2. The van der Waals surface area contributed by atoms with Crippen molar-refractivity contribution < 1.29 is 4.79 Å². The van der Waals surface area contributed by atoms with E-state index in [0.29, 0.717) is 18.1 Å². The number of piperidine rings is 1. The number of aromatic nitrogens is 2. The average molecular weight is 367 g/mol. The number of nitrogens with one attached hydrogen (secondary N) is 2. The van der Waals surface area contributed by atoms with Crippen molar-refractivity contribution in [2.75, 3.05) is 29.9 Å². The monoisotopic (exact) mass is 367 g/mol. The van der Waals surface area contributed by atoms with Crippen LogP contribution in [0.15, 0.2) is 36.4 Å². The summed E-state index contributed by atoms with van der Waals surface area (Å²) in [6, 6.07) is 11.9. The first-order chi connectivity index (χ1) is 13.2. The number of anilines is 3. The Bertz CT molecular complexity index is 721. The summed E-state index contributed by atoms with van der Waals surface area (Å²) in [7, 11) is 0. The molecule has 1 fully saturated rings. The van der Waals surface area contributed by atoms with Crippen molar-refractivity contribution >= 4 is 23.1 Å². The first-order valence-electron chi connectivity index (χ1n) is 9.89. The molecule has 0 spiro atoms. The second-order valence-corrected chi connectivity index (χ2v) is 7.25. The third-order valence-corrected chi connectivity index (χ3v) is 5.00. The van der Waals surface area contributed by atoms with E-state index >= 15 is 0 Å². The number of nitrogens with zero attached hydrogens (tertiary/aromatic N) is 3. The second-order valence-electron chi connectivity index (χ2n) is 7.25. The molecular formula is C21H29N5O. The van der Waals surface area contributed by atoms with Gasteiger partial charge in [-0.3, -0.25) is 4.79 Å². The maximum absolute atomic E-state index is 12.0. The fourth-order valence-electron chi connectivity index (χ4n) is 3.16. The van der Waals surface area contributed by atoms with Gasteiger partial charge in [-0.05, 0) is 61.6 Å². The minimum absolute atomic E-state index is 0.178. The van der Waals surface area contributed by atoms with E-state index in [-0.39, 0.29) is 5.91 Å². The molecule has 6 nitrogen and oxygen atoms in total. The number of rotatable bonds is 7. The molecule has 2 heterocycles. The normalized spacial score (nSPS) is 14.8. The molecule has 0 atom stereocenters. The molecule has 1 amide bonds. The van der Waals surface area contributed by atoms with Gasteiger partial charge in [0, 0.05) is 31.0 Å². The highest BCUT2D eigenvalue weighted by molar-refractivity contribution is 5.92. The van der Waals surface area contributed by atoms with Gasteiger partial charge in [0.25, 0.3) is 5.91 Å². The van der Waals surface area contributed by atoms with Gasteiger partial charge in [-0.1, -0.05) is 20.3 Å². The van der Waals surface area contributed by atoms with E-state index in [9.17, 15) is 4.79 Å². The fraction of sp³-hybridized carbons (Fsp3) is 0.476. The van der Waals surface area contributed by atoms with Crippen LogP contribution in [0.5, 0.6) is 0 Å². The number of carbonyl (C=O) groups is 1. The van der Waals surface area contributed by atoms with Crippen molar-refractivity contribution in [3.63, 3.8) is 0 Å². The lowest BCUT2D eigenvalue weighted by Gasteiger charge is -2.32. The first-order valence-corrected chi connectivity index (χ1v) is 9.89. The molecule has 2 aromatic rings. The van der Waals surface area contributed by atoms with E-state index in [1.165, 1.54) is 18.5 Å². The topological polar surface area (TPSA) is 70.2 Å². The lowest BCUT2D eigenvalue weighted by Crippen LogP contribution is -2.32. The molecular weight excluding hydrogens is 338 g/mol. The third-order valence-electron chi connectivity index (χ3n) is 5.00. The molecule has 2 N–H and O–H groups in total. The SMILES string of the molecule is CCCCNC(=O)c1ccc(Nc2ccc(N3CCC(C)CC3)cc2)nn1. The summed E-state index contributed by atoms with van der Waals surface area (Å²) in [6.45, 7) is 7.33. The number of hydrogen-bond donors (Lipinski definition) is 2. The third kappa shape index (κ3) is 5.42. The largest absolute Gasteiger partial charge is 0.372 e. The number of amides is 1. The van der Waals surface area contributed by atoms with Crippen LogP contribution in [0, 0.1) is 5.92 Å². The zero-order valence-electron chi connectivity index (χ0n) is 16.2. The van der Waals surface area contributed by atoms with Crippen LogP contribution in [0.3, 0.4) is 0 Å². The average Bonchev–Trinajstić information content (AvgIpc) is 2.70. The van der Waals surface area contributed by atoms with Crippen molar-refractivity contribution in [1.29, 1.82) is 0 Å². The van der Waals surface area contributed by atoms with E-state index in [0.717, 1.165) is 37.5 Å². The molecule has 1 aromatic heterocycles. The van der Waals surface area contributed by atoms with Gasteiger partial charge in [0.05, 0.1) is 0 Å². The second kappa shape index (κ2) is 9.35. The van der Waals surface area contributed by atoms with Crippen LogP contribution in [-0.4, -0.2) is 35.7 Å². The molecule has 144 valence electrons. The molecule has 0 unspecified atom stereocenters. The van der Waals surface area contributed by atoms with Gasteiger partial charge in [0.15, 0.2) is 11.5 Å². The van der Waals surface area contributed by atoms with Crippen LogP contribution in [0.1, 0.15) is 50.0 Å². The lowest BCUT2D eigenvalue weighted by molar-refractivity contribution is 0.0947. The Labute approximate surface area is 161 Å². The van der Waals surface area contributed by atoms with Crippen LogP contribution >= 0.6 is 0 Å². The summed E-state index contributed by atoms with van der Waals surface area (Å²) in [5.41, 5.74) is 2.56. The van der Waals surface area contributed by atoms with Crippen LogP contribution in [-0.2, 0) is 0 Å². The van der Waals surface area contributed by atoms with Gasteiger partial charge >= 0.3 is 0 Å². The molecule has 27 heavy (non-hydrogen) atoms. The molecule has 0 saturated carbocycles. The standard InChI is InChI=1S/C21H29N5O/c1-3-4-13-22-21(27)19-9-10-20(25-24-19)23-17-5-7-18(8-6-17)26-14-11-16(2)12-15-26/h5-10,16H,3-4,11-15H2,1-2H3,(H,22,27)(H,23,25). The van der Waals surface area contributed by atoms with Crippen LogP contribution in [0.2, 0.25) is 0 Å². The Morgan fingerprint density at radius 3 is 2.48 bits per heavy atom. The molecule has 1 saturated heterocycles. The van der Waals surface area contributed by atoms with Crippen LogP contribution < -0.4 is 15.5 Å². The Morgan fingerprint density at radius 1 is 1.11 bits per heavy atom. The molecule has 3 rings (SSSR count). The van der Waals surface area contributed by atoms with Gasteiger partial charge in [-0.25, -0.2) is 0 Å². The zero-order valence-corrected chi connectivity index (χ0v) is 16.2. The fourth-order valence-corrected chi connectivity index (χ4v) is 3.16. The predicted molar refractivity (Wildman–Crippen MR) is 110 cm³/mol. The van der Waals surface area contributed by atoms with Crippen molar-refractivity contribution in [3.8, 4) is 0 Å². The molecule has 6 heteroatoms. The quantitative estimate of drug-likeness (QED) is 0.724. The maximum Gasteiger partial charge on any atom is 0.271 e. The lowest BCUT2D eigenvalue weighted by atomic mass is 9.99. The van der Waals surface area contributed by atoms with E-state index in [1.54, 1.807) is 12.1 Å². The zero-order chi connectivity index (χ0) is 19.1. The smallest absolute Gasteiger partial charge is 0.271 e. The van der Waals surface area contributed by atoms with Crippen molar-refractivity contribution in [2.45, 2.75) is 39.5 Å². The predicted octanol–water partition coefficient (Wildman–Crippen LogP) is 3.99. The minimum atomic E-state index is -0.178. The highest BCUT2D eigenvalue weighted by Crippen LogP contribution is 2.25. The molecule has 1 aliphatic heterocycles. The Kier molecular flexibility index (Phi) is 6.63. The maximum atomic E-state index is 12.0. The summed E-state index contributed by atoms with van der Waals surface area (Å²) >= 11 is 0. The summed E-state index contributed by atoms with van der Waals surface area (Å²) in [6.07, 6.45) is 4.53. The van der Waals surface area contributed by atoms with Crippen LogP contribution in [0.4, 0.5) is 17.2 Å². The van der Waals surface area contributed by atoms with Crippen molar-refractivity contribution in [3.05, 3.63) is 42.1 Å². The number of unbranched alkanes of at least 4 members (excludes halogenated alkanes) is 1. The highest BCUT2D eigenvalue weighted by Gasteiger charge is 2.15. The minimum Gasteiger partial charge on any atom is -0.372 e. The van der Waals surface area contributed by atoms with Crippen LogP contribution in [0.25, 0.3) is 0 Å². The Balaban J connectivity index is 1.55. The summed E-state index contributed by atoms with van der Waals surface area (Å²) < 4.78 is 0. The molecule has 1 aromatic carbocycles.